The number of aliphatic carboxylic acids is 1. The Bertz CT molecular complexity index is 226. The third-order valence-corrected chi connectivity index (χ3v) is 1.87. The molecule has 0 aromatic rings. The molecule has 0 amide bonds. The second kappa shape index (κ2) is 4.92. The van der Waals surface area contributed by atoms with Crippen molar-refractivity contribution in [2.75, 3.05) is 6.61 Å². The maximum Gasteiger partial charge on any atom is 0.339 e. The summed E-state index contributed by atoms with van der Waals surface area (Å²) >= 11 is 0. The van der Waals surface area contributed by atoms with Crippen LogP contribution in [0.3, 0.4) is 0 Å². The number of aliphatic hydroxyl groups is 2. The van der Waals surface area contributed by atoms with Crippen molar-refractivity contribution in [2.45, 2.75) is 32.0 Å². The van der Waals surface area contributed by atoms with Gasteiger partial charge in [-0.2, -0.15) is 0 Å². The molecule has 2 unspecified atom stereocenters. The Morgan fingerprint density at radius 2 is 1.93 bits per heavy atom. The molecule has 0 saturated carbocycles. The zero-order valence-corrected chi connectivity index (χ0v) is 8.06. The van der Waals surface area contributed by atoms with Crippen molar-refractivity contribution in [2.24, 2.45) is 0 Å². The minimum Gasteiger partial charge on any atom is -0.479 e. The van der Waals surface area contributed by atoms with Crippen molar-refractivity contribution in [1.29, 1.82) is 0 Å². The first-order chi connectivity index (χ1) is 6.40. The van der Waals surface area contributed by atoms with Crippen LogP contribution in [0.2, 0.25) is 0 Å². The Labute approximate surface area is 81.1 Å². The molecule has 0 aromatic heterocycles. The molecular formula is C8H14O6. The van der Waals surface area contributed by atoms with Crippen LogP contribution in [0.5, 0.6) is 0 Å². The zero-order valence-electron chi connectivity index (χ0n) is 8.06. The average Bonchev–Trinajstić information content (AvgIpc) is 2.15. The van der Waals surface area contributed by atoms with Gasteiger partial charge in [0.2, 0.25) is 0 Å². The van der Waals surface area contributed by atoms with E-state index < -0.39 is 23.6 Å². The summed E-state index contributed by atoms with van der Waals surface area (Å²) in [5.74, 6) is -2.79. The van der Waals surface area contributed by atoms with Crippen LogP contribution in [0.1, 0.15) is 20.3 Å². The molecule has 0 aliphatic rings. The summed E-state index contributed by atoms with van der Waals surface area (Å²) in [7, 11) is 0. The molecule has 0 aliphatic carbocycles. The summed E-state index contributed by atoms with van der Waals surface area (Å²) in [6.07, 6.45) is -2.35. The Balaban J connectivity index is 4.69. The van der Waals surface area contributed by atoms with Gasteiger partial charge in [-0.25, -0.2) is 9.59 Å². The fourth-order valence-corrected chi connectivity index (χ4v) is 0.878. The van der Waals surface area contributed by atoms with E-state index >= 15 is 0 Å². The molecule has 0 spiro atoms. The number of esters is 1. The molecular weight excluding hydrogens is 192 g/mol. The first kappa shape index (κ1) is 12.9. The van der Waals surface area contributed by atoms with E-state index in [2.05, 4.69) is 4.74 Å². The van der Waals surface area contributed by atoms with Crippen molar-refractivity contribution >= 4 is 11.9 Å². The molecule has 0 bridgehead atoms. The van der Waals surface area contributed by atoms with Gasteiger partial charge in [0.05, 0.1) is 6.61 Å². The summed E-state index contributed by atoms with van der Waals surface area (Å²) in [4.78, 5) is 21.5. The molecule has 0 fully saturated rings. The van der Waals surface area contributed by atoms with E-state index in [-0.39, 0.29) is 13.0 Å². The normalized spacial score (nSPS) is 16.9. The lowest BCUT2D eigenvalue weighted by Gasteiger charge is -2.25. The fraction of sp³-hybridized carbons (Fsp3) is 0.750. The van der Waals surface area contributed by atoms with Gasteiger partial charge in [-0.3, -0.25) is 0 Å². The Kier molecular flexibility index (Phi) is 4.52. The highest BCUT2D eigenvalue weighted by Gasteiger charge is 2.46. The predicted molar refractivity (Wildman–Crippen MR) is 45.5 cm³/mol. The third-order valence-electron chi connectivity index (χ3n) is 1.87. The van der Waals surface area contributed by atoms with Gasteiger partial charge >= 0.3 is 11.9 Å². The Hall–Kier alpha value is -1.14. The average molecular weight is 206 g/mol. The first-order valence-corrected chi connectivity index (χ1v) is 4.20. The summed E-state index contributed by atoms with van der Waals surface area (Å²) in [6, 6.07) is 0. The van der Waals surface area contributed by atoms with Gasteiger partial charge < -0.3 is 20.1 Å². The van der Waals surface area contributed by atoms with Crippen LogP contribution in [0, 0.1) is 0 Å². The van der Waals surface area contributed by atoms with Crippen molar-refractivity contribution < 1.29 is 29.6 Å². The van der Waals surface area contributed by atoms with E-state index in [9.17, 15) is 19.8 Å². The zero-order chi connectivity index (χ0) is 11.4. The van der Waals surface area contributed by atoms with E-state index in [0.717, 1.165) is 0 Å². The van der Waals surface area contributed by atoms with Gasteiger partial charge in [0, 0.05) is 0 Å². The van der Waals surface area contributed by atoms with Crippen LogP contribution in [-0.4, -0.2) is 45.6 Å². The number of hydrogen-bond donors (Lipinski definition) is 3. The van der Waals surface area contributed by atoms with Crippen molar-refractivity contribution in [1.82, 2.24) is 0 Å². The second-order valence-corrected chi connectivity index (χ2v) is 2.74. The third kappa shape index (κ3) is 2.43. The number of ether oxygens (including phenoxy) is 1. The highest BCUT2D eigenvalue weighted by Crippen LogP contribution is 2.17. The number of carboxylic acid groups (broad SMARTS) is 1. The number of aliphatic hydroxyl groups excluding tert-OH is 1. The summed E-state index contributed by atoms with van der Waals surface area (Å²) in [6.45, 7) is 2.86. The molecule has 14 heavy (non-hydrogen) atoms. The van der Waals surface area contributed by atoms with E-state index in [4.69, 9.17) is 5.11 Å². The fourth-order valence-electron chi connectivity index (χ4n) is 0.878. The largest absolute Gasteiger partial charge is 0.479 e. The van der Waals surface area contributed by atoms with E-state index in [1.165, 1.54) is 13.8 Å². The second-order valence-electron chi connectivity index (χ2n) is 2.74. The maximum absolute atomic E-state index is 11.0. The quantitative estimate of drug-likeness (QED) is 0.505. The number of hydrogen-bond acceptors (Lipinski definition) is 5. The molecule has 3 N–H and O–H groups in total. The van der Waals surface area contributed by atoms with Crippen LogP contribution in [0.15, 0.2) is 0 Å². The number of rotatable bonds is 5. The lowest BCUT2D eigenvalue weighted by molar-refractivity contribution is -0.186. The minimum atomic E-state index is -2.48. The van der Waals surface area contributed by atoms with E-state index in [1.54, 1.807) is 0 Å². The SMILES string of the molecule is CCOC(=O)C(O)C(O)(CC)C(=O)O. The van der Waals surface area contributed by atoms with Crippen LogP contribution < -0.4 is 0 Å². The smallest absolute Gasteiger partial charge is 0.339 e. The highest BCUT2D eigenvalue weighted by molar-refractivity contribution is 5.87. The summed E-state index contributed by atoms with van der Waals surface area (Å²) in [5, 5.41) is 27.2. The molecule has 0 radical (unpaired) electrons. The van der Waals surface area contributed by atoms with Crippen LogP contribution >= 0.6 is 0 Å². The minimum absolute atomic E-state index is 0.00923. The van der Waals surface area contributed by atoms with Gasteiger partial charge in [0.15, 0.2) is 11.7 Å². The standard InChI is InChI=1S/C8H14O6/c1-3-8(13,7(11)12)5(9)6(10)14-4-2/h5,9,13H,3-4H2,1-2H3,(H,11,12). The van der Waals surface area contributed by atoms with Crippen molar-refractivity contribution in [3.05, 3.63) is 0 Å². The monoisotopic (exact) mass is 206 g/mol. The number of carbonyl (C=O) groups excluding carboxylic acids is 1. The van der Waals surface area contributed by atoms with Gasteiger partial charge in [-0.15, -0.1) is 0 Å². The van der Waals surface area contributed by atoms with Crippen molar-refractivity contribution in [3.63, 3.8) is 0 Å². The number of carboxylic acids is 1. The van der Waals surface area contributed by atoms with E-state index in [0.29, 0.717) is 0 Å². The van der Waals surface area contributed by atoms with Crippen molar-refractivity contribution in [3.8, 4) is 0 Å². The van der Waals surface area contributed by atoms with Gasteiger partial charge in [-0.05, 0) is 13.3 Å². The molecule has 0 heterocycles. The lowest BCUT2D eigenvalue weighted by atomic mass is 9.94. The maximum atomic E-state index is 11.0. The molecule has 82 valence electrons. The summed E-state index contributed by atoms with van der Waals surface area (Å²) in [5.41, 5.74) is -2.48. The molecule has 2 atom stereocenters. The number of carbonyl (C=O) groups is 2. The predicted octanol–water partition coefficient (Wildman–Crippen LogP) is -0.864. The van der Waals surface area contributed by atoms with Gasteiger partial charge in [-0.1, -0.05) is 6.92 Å². The summed E-state index contributed by atoms with van der Waals surface area (Å²) < 4.78 is 4.39. The molecule has 6 nitrogen and oxygen atoms in total. The lowest BCUT2D eigenvalue weighted by Crippen LogP contribution is -2.53. The Morgan fingerprint density at radius 3 is 2.21 bits per heavy atom. The van der Waals surface area contributed by atoms with E-state index in [1.807, 2.05) is 0 Å². The molecule has 0 saturated heterocycles. The van der Waals surface area contributed by atoms with Gasteiger partial charge in [0.1, 0.15) is 0 Å². The van der Waals surface area contributed by atoms with Crippen LogP contribution in [-0.2, 0) is 14.3 Å². The highest BCUT2D eigenvalue weighted by atomic mass is 16.6. The van der Waals surface area contributed by atoms with Crippen LogP contribution in [0.25, 0.3) is 0 Å². The topological polar surface area (TPSA) is 104 Å². The van der Waals surface area contributed by atoms with Crippen LogP contribution in [0.4, 0.5) is 0 Å². The van der Waals surface area contributed by atoms with Gasteiger partial charge in [0.25, 0.3) is 0 Å². The molecule has 0 aliphatic heterocycles. The Morgan fingerprint density at radius 1 is 1.43 bits per heavy atom. The first-order valence-electron chi connectivity index (χ1n) is 4.20. The molecule has 6 heteroatoms. The molecule has 0 aromatic carbocycles. The molecule has 0 rings (SSSR count).